The molecule has 0 aromatic heterocycles. The van der Waals surface area contributed by atoms with E-state index in [4.69, 9.17) is 14.6 Å². The molecular formula is C11H12O4. The number of hydrogen-bond acceptors (Lipinski definition) is 3. The van der Waals surface area contributed by atoms with Gasteiger partial charge in [0.05, 0.1) is 7.11 Å². The van der Waals surface area contributed by atoms with E-state index in [0.717, 1.165) is 5.56 Å². The number of aliphatic carboxylic acids is 1. The number of fused-ring (bicyclic) bond motifs is 1. The van der Waals surface area contributed by atoms with Crippen molar-refractivity contribution >= 4 is 5.97 Å². The van der Waals surface area contributed by atoms with Crippen LogP contribution in [-0.2, 0) is 11.2 Å². The van der Waals surface area contributed by atoms with Crippen molar-refractivity contribution in [1.29, 1.82) is 0 Å². The zero-order chi connectivity index (χ0) is 10.8. The topological polar surface area (TPSA) is 55.8 Å². The van der Waals surface area contributed by atoms with Gasteiger partial charge in [-0.15, -0.1) is 0 Å². The first kappa shape index (κ1) is 9.83. The van der Waals surface area contributed by atoms with Crippen LogP contribution in [0.2, 0.25) is 0 Å². The van der Waals surface area contributed by atoms with Crippen LogP contribution in [0.5, 0.6) is 11.5 Å². The van der Waals surface area contributed by atoms with Crippen LogP contribution < -0.4 is 9.47 Å². The van der Waals surface area contributed by atoms with Gasteiger partial charge in [-0.2, -0.15) is 0 Å². The Balaban J connectivity index is 2.34. The Labute approximate surface area is 87.4 Å². The molecule has 0 saturated carbocycles. The third-order valence-electron chi connectivity index (χ3n) is 2.49. The maximum atomic E-state index is 10.8. The summed E-state index contributed by atoms with van der Waals surface area (Å²) in [4.78, 5) is 10.8. The minimum absolute atomic E-state index is 0.509. The lowest BCUT2D eigenvalue weighted by atomic mass is 10.0. The van der Waals surface area contributed by atoms with Crippen molar-refractivity contribution in [2.24, 2.45) is 0 Å². The summed E-state index contributed by atoms with van der Waals surface area (Å²) in [5, 5.41) is 8.86. The monoisotopic (exact) mass is 208 g/mol. The van der Waals surface area contributed by atoms with Crippen molar-refractivity contribution in [1.82, 2.24) is 0 Å². The van der Waals surface area contributed by atoms with E-state index in [2.05, 4.69) is 0 Å². The Morgan fingerprint density at radius 3 is 3.07 bits per heavy atom. The zero-order valence-electron chi connectivity index (χ0n) is 8.40. The van der Waals surface area contributed by atoms with Crippen molar-refractivity contribution in [2.75, 3.05) is 7.11 Å². The molecule has 1 N–H and O–H groups in total. The highest BCUT2D eigenvalue weighted by Gasteiger charge is 2.27. The molecule has 1 atom stereocenters. The molecule has 1 unspecified atom stereocenters. The van der Waals surface area contributed by atoms with Gasteiger partial charge < -0.3 is 14.6 Å². The van der Waals surface area contributed by atoms with Gasteiger partial charge in [-0.1, -0.05) is 12.1 Å². The molecule has 0 aliphatic carbocycles. The highest BCUT2D eigenvalue weighted by atomic mass is 16.5. The van der Waals surface area contributed by atoms with Gasteiger partial charge in [0.25, 0.3) is 0 Å². The molecule has 4 nitrogen and oxygen atoms in total. The quantitative estimate of drug-likeness (QED) is 0.799. The molecule has 0 radical (unpaired) electrons. The summed E-state index contributed by atoms with van der Waals surface area (Å²) in [7, 11) is 1.54. The fourth-order valence-corrected chi connectivity index (χ4v) is 1.71. The Hall–Kier alpha value is -1.71. The predicted molar refractivity (Wildman–Crippen MR) is 53.4 cm³/mol. The molecule has 0 spiro atoms. The van der Waals surface area contributed by atoms with Crippen LogP contribution in [0.25, 0.3) is 0 Å². The second kappa shape index (κ2) is 3.81. The Morgan fingerprint density at radius 2 is 2.40 bits per heavy atom. The summed E-state index contributed by atoms with van der Waals surface area (Å²) < 4.78 is 10.5. The molecule has 4 heteroatoms. The average Bonchev–Trinajstić information content (AvgIpc) is 2.27. The Kier molecular flexibility index (Phi) is 2.49. The van der Waals surface area contributed by atoms with Gasteiger partial charge in [-0.25, -0.2) is 4.79 Å². The van der Waals surface area contributed by atoms with Crippen LogP contribution in [0.3, 0.4) is 0 Å². The standard InChI is InChI=1S/C11H12O4/c1-14-8-4-2-3-7-5-6-9(11(12)13)15-10(7)8/h2-4,9H,5-6H2,1H3,(H,12,13). The SMILES string of the molecule is COc1cccc2c1OC(C(=O)O)CC2. The van der Waals surface area contributed by atoms with Crippen LogP contribution in [-0.4, -0.2) is 24.3 Å². The normalized spacial score (nSPS) is 18.9. The van der Waals surface area contributed by atoms with E-state index in [-0.39, 0.29) is 0 Å². The van der Waals surface area contributed by atoms with Gasteiger partial charge >= 0.3 is 5.97 Å². The van der Waals surface area contributed by atoms with Crippen molar-refractivity contribution < 1.29 is 19.4 Å². The molecule has 0 amide bonds. The van der Waals surface area contributed by atoms with E-state index in [1.54, 1.807) is 13.2 Å². The number of hydrogen-bond donors (Lipinski definition) is 1. The second-order valence-electron chi connectivity index (χ2n) is 3.43. The number of para-hydroxylation sites is 1. The van der Waals surface area contributed by atoms with Gasteiger partial charge in [-0.05, 0) is 24.5 Å². The van der Waals surface area contributed by atoms with Crippen LogP contribution in [0.1, 0.15) is 12.0 Å². The summed E-state index contributed by atoms with van der Waals surface area (Å²) in [6, 6.07) is 5.57. The minimum Gasteiger partial charge on any atom is -0.493 e. The average molecular weight is 208 g/mol. The van der Waals surface area contributed by atoms with Crippen molar-refractivity contribution in [3.63, 3.8) is 0 Å². The van der Waals surface area contributed by atoms with E-state index < -0.39 is 12.1 Å². The molecule has 1 aliphatic heterocycles. The van der Waals surface area contributed by atoms with Crippen LogP contribution in [0.4, 0.5) is 0 Å². The second-order valence-corrected chi connectivity index (χ2v) is 3.43. The summed E-state index contributed by atoms with van der Waals surface area (Å²) in [5.41, 5.74) is 1.01. The number of carboxylic acids is 1. The van der Waals surface area contributed by atoms with Gasteiger partial charge in [-0.3, -0.25) is 0 Å². The number of benzene rings is 1. The van der Waals surface area contributed by atoms with Crippen LogP contribution in [0, 0.1) is 0 Å². The lowest BCUT2D eigenvalue weighted by Gasteiger charge is -2.24. The predicted octanol–water partition coefficient (Wildman–Crippen LogP) is 1.47. The molecule has 1 aromatic rings. The smallest absolute Gasteiger partial charge is 0.344 e. The van der Waals surface area contributed by atoms with Crippen molar-refractivity contribution in [3.8, 4) is 11.5 Å². The van der Waals surface area contributed by atoms with E-state index in [1.807, 2.05) is 12.1 Å². The third-order valence-corrected chi connectivity index (χ3v) is 2.49. The van der Waals surface area contributed by atoms with Crippen molar-refractivity contribution in [2.45, 2.75) is 18.9 Å². The lowest BCUT2D eigenvalue weighted by molar-refractivity contribution is -0.145. The molecule has 0 saturated heterocycles. The maximum Gasteiger partial charge on any atom is 0.344 e. The van der Waals surface area contributed by atoms with Gasteiger partial charge in [0.15, 0.2) is 17.6 Å². The first-order valence-corrected chi connectivity index (χ1v) is 4.77. The molecule has 1 aliphatic rings. The van der Waals surface area contributed by atoms with Gasteiger partial charge in [0.2, 0.25) is 0 Å². The lowest BCUT2D eigenvalue weighted by Crippen LogP contribution is -2.31. The number of rotatable bonds is 2. The summed E-state index contributed by atoms with van der Waals surface area (Å²) >= 11 is 0. The maximum absolute atomic E-state index is 10.8. The van der Waals surface area contributed by atoms with E-state index in [9.17, 15) is 4.79 Å². The Bertz CT molecular complexity index is 372. The number of ether oxygens (including phenoxy) is 2. The number of carbonyl (C=O) groups is 1. The molecule has 2 rings (SSSR count). The molecule has 15 heavy (non-hydrogen) atoms. The molecule has 0 bridgehead atoms. The number of methoxy groups -OCH3 is 1. The Morgan fingerprint density at radius 1 is 1.60 bits per heavy atom. The van der Waals surface area contributed by atoms with Crippen LogP contribution >= 0.6 is 0 Å². The number of carboxylic acid groups (broad SMARTS) is 1. The zero-order valence-corrected chi connectivity index (χ0v) is 8.40. The summed E-state index contributed by atoms with van der Waals surface area (Å²) in [5.74, 6) is 0.239. The first-order valence-electron chi connectivity index (χ1n) is 4.77. The third kappa shape index (κ3) is 1.75. The molecule has 1 aromatic carbocycles. The molecule has 0 fully saturated rings. The largest absolute Gasteiger partial charge is 0.493 e. The molecular weight excluding hydrogens is 196 g/mol. The highest BCUT2D eigenvalue weighted by Crippen LogP contribution is 2.36. The van der Waals surface area contributed by atoms with Gasteiger partial charge in [0.1, 0.15) is 0 Å². The fraction of sp³-hybridized carbons (Fsp3) is 0.364. The van der Waals surface area contributed by atoms with E-state index in [0.29, 0.717) is 24.3 Å². The minimum atomic E-state index is -0.924. The molecule has 80 valence electrons. The van der Waals surface area contributed by atoms with E-state index in [1.165, 1.54) is 0 Å². The first-order chi connectivity index (χ1) is 7.22. The fourth-order valence-electron chi connectivity index (χ4n) is 1.71. The summed E-state index contributed by atoms with van der Waals surface area (Å²) in [6.07, 6.45) is 0.465. The number of aryl methyl sites for hydroxylation is 1. The van der Waals surface area contributed by atoms with Crippen LogP contribution in [0.15, 0.2) is 18.2 Å². The summed E-state index contributed by atoms with van der Waals surface area (Å²) in [6.45, 7) is 0. The highest BCUT2D eigenvalue weighted by molar-refractivity contribution is 5.73. The molecule has 1 heterocycles. The van der Waals surface area contributed by atoms with Gasteiger partial charge in [0, 0.05) is 0 Å². The van der Waals surface area contributed by atoms with E-state index >= 15 is 0 Å². The van der Waals surface area contributed by atoms with Crippen molar-refractivity contribution in [3.05, 3.63) is 23.8 Å².